The van der Waals surface area contributed by atoms with Gasteiger partial charge in [0.05, 0.1) is 27.3 Å². The van der Waals surface area contributed by atoms with Gasteiger partial charge in [0.25, 0.3) is 10.0 Å². The Morgan fingerprint density at radius 1 is 1.00 bits per heavy atom. The first-order valence-corrected chi connectivity index (χ1v) is 13.5. The average molecular weight is 497 g/mol. The summed E-state index contributed by atoms with van der Waals surface area (Å²) >= 11 is 6.54. The van der Waals surface area contributed by atoms with Crippen molar-refractivity contribution in [2.24, 2.45) is 0 Å². The second kappa shape index (κ2) is 10.6. The average Bonchev–Trinajstić information content (AvgIpc) is 3.25. The van der Waals surface area contributed by atoms with E-state index in [1.54, 1.807) is 48.8 Å². The van der Waals surface area contributed by atoms with Crippen LogP contribution < -0.4 is 5.32 Å². The standard InChI is InChI=1S/C26H29ClN4O2S/c1-3-5-12-19(11-4-2)29-26-28-17-23(27)25(30-26)22-18-31(24-16-10-9-15-21(22)24)34(32,33)20-13-7-6-8-14-20/h6-10,13-19H,3-5,11-12H2,1-2H3,(H,28,29,30). The van der Waals surface area contributed by atoms with E-state index in [9.17, 15) is 8.42 Å². The van der Waals surface area contributed by atoms with E-state index < -0.39 is 10.0 Å². The summed E-state index contributed by atoms with van der Waals surface area (Å²) < 4.78 is 28.2. The molecule has 0 bridgehead atoms. The Labute approximate surface area is 206 Å². The summed E-state index contributed by atoms with van der Waals surface area (Å²) in [6.07, 6.45) is 8.56. The van der Waals surface area contributed by atoms with Gasteiger partial charge in [0, 0.05) is 23.2 Å². The Hall–Kier alpha value is -2.90. The molecule has 2 aromatic carbocycles. The molecule has 0 aliphatic heterocycles. The molecule has 2 heterocycles. The number of nitrogens with zero attached hydrogens (tertiary/aromatic N) is 3. The highest BCUT2D eigenvalue weighted by molar-refractivity contribution is 7.90. The molecule has 8 heteroatoms. The van der Waals surface area contributed by atoms with Gasteiger partial charge in [-0.05, 0) is 31.0 Å². The minimum absolute atomic E-state index is 0.219. The highest BCUT2D eigenvalue weighted by atomic mass is 35.5. The van der Waals surface area contributed by atoms with Crippen LogP contribution in [0.5, 0.6) is 0 Å². The maximum Gasteiger partial charge on any atom is 0.268 e. The molecule has 0 aliphatic carbocycles. The van der Waals surface area contributed by atoms with E-state index in [0.717, 1.165) is 37.5 Å². The number of fused-ring (bicyclic) bond motifs is 1. The predicted molar refractivity (Wildman–Crippen MR) is 139 cm³/mol. The zero-order valence-corrected chi connectivity index (χ0v) is 21.0. The van der Waals surface area contributed by atoms with Crippen LogP contribution in [0.4, 0.5) is 5.95 Å². The fourth-order valence-electron chi connectivity index (χ4n) is 4.14. The van der Waals surface area contributed by atoms with Gasteiger partial charge < -0.3 is 5.32 Å². The lowest BCUT2D eigenvalue weighted by Crippen LogP contribution is -2.20. The van der Waals surface area contributed by atoms with Crippen LogP contribution in [0.3, 0.4) is 0 Å². The summed E-state index contributed by atoms with van der Waals surface area (Å²) in [4.78, 5) is 9.35. The molecule has 0 fully saturated rings. The Morgan fingerprint density at radius 3 is 2.47 bits per heavy atom. The van der Waals surface area contributed by atoms with E-state index in [2.05, 4.69) is 24.1 Å². The molecule has 178 valence electrons. The molecular formula is C26H29ClN4O2S. The van der Waals surface area contributed by atoms with Crippen LogP contribution in [0.15, 0.2) is 71.9 Å². The van der Waals surface area contributed by atoms with Gasteiger partial charge in [0.15, 0.2) is 0 Å². The van der Waals surface area contributed by atoms with Crippen LogP contribution in [-0.4, -0.2) is 28.4 Å². The van der Waals surface area contributed by atoms with E-state index >= 15 is 0 Å². The smallest absolute Gasteiger partial charge is 0.268 e. The SMILES string of the molecule is CCCCC(CCC)Nc1ncc(Cl)c(-c2cn(S(=O)(=O)c3ccccc3)c3ccccc23)n1. The third kappa shape index (κ3) is 4.95. The van der Waals surface area contributed by atoms with Gasteiger partial charge in [0.2, 0.25) is 5.95 Å². The first-order valence-electron chi connectivity index (χ1n) is 11.7. The Balaban J connectivity index is 1.80. The van der Waals surface area contributed by atoms with E-state index in [4.69, 9.17) is 16.6 Å². The Bertz CT molecular complexity index is 1370. The molecule has 0 spiro atoms. The number of benzene rings is 2. The van der Waals surface area contributed by atoms with Crippen molar-refractivity contribution < 1.29 is 8.42 Å². The van der Waals surface area contributed by atoms with E-state index in [1.807, 2.05) is 18.2 Å². The third-order valence-electron chi connectivity index (χ3n) is 5.85. The summed E-state index contributed by atoms with van der Waals surface area (Å²) in [5.41, 5.74) is 1.71. The molecule has 0 saturated heterocycles. The summed E-state index contributed by atoms with van der Waals surface area (Å²) in [5, 5.41) is 4.58. The maximum atomic E-state index is 13.4. The minimum Gasteiger partial charge on any atom is -0.351 e. The highest BCUT2D eigenvalue weighted by Gasteiger charge is 2.23. The number of hydrogen-bond donors (Lipinski definition) is 1. The molecule has 0 aliphatic rings. The van der Waals surface area contributed by atoms with Crippen molar-refractivity contribution in [1.82, 2.24) is 13.9 Å². The van der Waals surface area contributed by atoms with Crippen LogP contribution >= 0.6 is 11.6 Å². The fraction of sp³-hybridized carbons (Fsp3) is 0.308. The van der Waals surface area contributed by atoms with Crippen molar-refractivity contribution in [2.45, 2.75) is 56.9 Å². The van der Waals surface area contributed by atoms with Crippen LogP contribution in [0.2, 0.25) is 5.02 Å². The number of para-hydroxylation sites is 1. The van der Waals surface area contributed by atoms with Crippen LogP contribution in [0.25, 0.3) is 22.2 Å². The molecule has 2 aromatic heterocycles. The molecule has 4 aromatic rings. The van der Waals surface area contributed by atoms with Crippen molar-refractivity contribution in [2.75, 3.05) is 5.32 Å². The zero-order valence-electron chi connectivity index (χ0n) is 19.4. The molecule has 1 atom stereocenters. The summed E-state index contributed by atoms with van der Waals surface area (Å²) in [6.45, 7) is 4.34. The van der Waals surface area contributed by atoms with Gasteiger partial charge in [-0.2, -0.15) is 0 Å². The van der Waals surface area contributed by atoms with Gasteiger partial charge in [-0.3, -0.25) is 0 Å². The molecule has 0 amide bonds. The second-order valence-corrected chi connectivity index (χ2v) is 10.6. The summed E-state index contributed by atoms with van der Waals surface area (Å²) in [6, 6.07) is 16.0. The summed E-state index contributed by atoms with van der Waals surface area (Å²) in [7, 11) is -3.80. The molecule has 1 N–H and O–H groups in total. The molecular weight excluding hydrogens is 468 g/mol. The number of unbranched alkanes of at least 4 members (excludes halogenated alkanes) is 1. The van der Waals surface area contributed by atoms with E-state index in [0.29, 0.717) is 27.7 Å². The van der Waals surface area contributed by atoms with Crippen molar-refractivity contribution in [3.63, 3.8) is 0 Å². The molecule has 1 unspecified atom stereocenters. The fourth-order valence-corrected chi connectivity index (χ4v) is 5.72. The van der Waals surface area contributed by atoms with Crippen molar-refractivity contribution in [1.29, 1.82) is 0 Å². The van der Waals surface area contributed by atoms with Gasteiger partial charge >= 0.3 is 0 Å². The number of hydrogen-bond acceptors (Lipinski definition) is 5. The number of halogens is 1. The Kier molecular flexibility index (Phi) is 7.54. The van der Waals surface area contributed by atoms with Gasteiger partial charge in [-0.1, -0.05) is 81.1 Å². The van der Waals surface area contributed by atoms with Crippen LogP contribution in [0, 0.1) is 0 Å². The van der Waals surface area contributed by atoms with Gasteiger partial charge in [-0.25, -0.2) is 22.4 Å². The number of anilines is 1. The van der Waals surface area contributed by atoms with Crippen molar-refractivity contribution in [3.05, 3.63) is 72.0 Å². The number of nitrogens with one attached hydrogen (secondary N) is 1. The molecule has 4 rings (SSSR count). The molecule has 34 heavy (non-hydrogen) atoms. The van der Waals surface area contributed by atoms with E-state index in [-0.39, 0.29) is 10.9 Å². The molecule has 0 saturated carbocycles. The predicted octanol–water partition coefficient (Wildman–Crippen LogP) is 6.76. The zero-order chi connectivity index (χ0) is 24.1. The lowest BCUT2D eigenvalue weighted by Gasteiger charge is -2.18. The number of aromatic nitrogens is 3. The quantitative estimate of drug-likeness (QED) is 0.262. The minimum atomic E-state index is -3.80. The van der Waals surface area contributed by atoms with Gasteiger partial charge in [0.1, 0.15) is 0 Å². The Morgan fingerprint density at radius 2 is 1.74 bits per heavy atom. The highest BCUT2D eigenvalue weighted by Crippen LogP contribution is 2.35. The normalized spacial score (nSPS) is 12.7. The first-order chi connectivity index (χ1) is 16.5. The van der Waals surface area contributed by atoms with Crippen LogP contribution in [-0.2, 0) is 10.0 Å². The first kappa shape index (κ1) is 24.2. The lowest BCUT2D eigenvalue weighted by atomic mass is 10.1. The topological polar surface area (TPSA) is 76.9 Å². The molecule has 6 nitrogen and oxygen atoms in total. The van der Waals surface area contributed by atoms with Crippen LogP contribution in [0.1, 0.15) is 46.0 Å². The third-order valence-corrected chi connectivity index (χ3v) is 7.82. The van der Waals surface area contributed by atoms with E-state index in [1.165, 1.54) is 3.97 Å². The number of rotatable bonds is 10. The largest absolute Gasteiger partial charge is 0.351 e. The maximum absolute atomic E-state index is 13.4. The molecule has 0 radical (unpaired) electrons. The van der Waals surface area contributed by atoms with Crippen molar-refractivity contribution >= 4 is 38.5 Å². The lowest BCUT2D eigenvalue weighted by molar-refractivity contribution is 0.561. The van der Waals surface area contributed by atoms with Crippen molar-refractivity contribution in [3.8, 4) is 11.3 Å². The second-order valence-electron chi connectivity index (χ2n) is 8.34. The summed E-state index contributed by atoms with van der Waals surface area (Å²) in [5.74, 6) is 0.497. The van der Waals surface area contributed by atoms with Gasteiger partial charge in [-0.15, -0.1) is 0 Å². The monoisotopic (exact) mass is 496 g/mol.